The van der Waals surface area contributed by atoms with Crippen LogP contribution in [0.1, 0.15) is 43.8 Å². The largest absolute Gasteiger partial charge is 0.371 e. The lowest BCUT2D eigenvalue weighted by molar-refractivity contribution is -0.134. The molecule has 0 N–H and O–H groups in total. The van der Waals surface area contributed by atoms with E-state index in [1.165, 1.54) is 24.8 Å². The van der Waals surface area contributed by atoms with Gasteiger partial charge < -0.3 is 9.64 Å². The van der Waals surface area contributed by atoms with Gasteiger partial charge in [-0.1, -0.05) is 49.6 Å². The van der Waals surface area contributed by atoms with Crippen LogP contribution in [0.2, 0.25) is 0 Å². The number of hydrogen-bond donors (Lipinski definition) is 0. The Hall–Kier alpha value is -1.39. The first kappa shape index (κ1) is 16.5. The summed E-state index contributed by atoms with van der Waals surface area (Å²) in [6.07, 6.45) is 6.24. The van der Waals surface area contributed by atoms with Crippen molar-refractivity contribution >= 4 is 5.91 Å². The van der Waals surface area contributed by atoms with Crippen LogP contribution in [0.25, 0.3) is 0 Å². The molecule has 2 fully saturated rings. The van der Waals surface area contributed by atoms with Crippen LogP contribution in [0, 0.1) is 0 Å². The van der Waals surface area contributed by atoms with Gasteiger partial charge in [0, 0.05) is 26.2 Å². The van der Waals surface area contributed by atoms with Crippen molar-refractivity contribution in [3.05, 3.63) is 35.9 Å². The van der Waals surface area contributed by atoms with E-state index in [-0.39, 0.29) is 6.10 Å². The van der Waals surface area contributed by atoms with Crippen molar-refractivity contribution in [2.75, 3.05) is 39.3 Å². The first-order chi connectivity index (χ1) is 11.3. The molecule has 0 radical (unpaired) electrons. The summed E-state index contributed by atoms with van der Waals surface area (Å²) in [7, 11) is 0. The van der Waals surface area contributed by atoms with E-state index in [1.807, 2.05) is 18.2 Å². The summed E-state index contributed by atoms with van der Waals surface area (Å²) in [6, 6.07) is 10.3. The molecule has 4 nitrogen and oxygen atoms in total. The summed E-state index contributed by atoms with van der Waals surface area (Å²) in [6.45, 7) is 4.77. The maximum Gasteiger partial charge on any atom is 0.236 e. The molecule has 0 saturated carbocycles. The molecule has 2 saturated heterocycles. The zero-order chi connectivity index (χ0) is 15.9. The smallest absolute Gasteiger partial charge is 0.236 e. The number of morpholine rings is 1. The van der Waals surface area contributed by atoms with Gasteiger partial charge in [0.2, 0.25) is 5.91 Å². The molecular formula is C19H28N2O2. The summed E-state index contributed by atoms with van der Waals surface area (Å²) in [5.74, 6) is 0.292. The molecule has 0 spiro atoms. The van der Waals surface area contributed by atoms with E-state index < -0.39 is 0 Å². The summed E-state index contributed by atoms with van der Waals surface area (Å²) in [5, 5.41) is 0. The van der Waals surface area contributed by atoms with Gasteiger partial charge in [-0.15, -0.1) is 0 Å². The van der Waals surface area contributed by atoms with Crippen molar-refractivity contribution in [1.82, 2.24) is 9.80 Å². The third kappa shape index (κ3) is 4.79. The average molecular weight is 316 g/mol. The minimum absolute atomic E-state index is 0.0880. The van der Waals surface area contributed by atoms with Gasteiger partial charge in [0.05, 0.1) is 19.3 Å². The summed E-state index contributed by atoms with van der Waals surface area (Å²) < 4.78 is 5.89. The monoisotopic (exact) mass is 316 g/mol. The zero-order valence-corrected chi connectivity index (χ0v) is 14.0. The number of likely N-dealkylation sites (tertiary alicyclic amines) is 1. The van der Waals surface area contributed by atoms with E-state index in [9.17, 15) is 4.79 Å². The first-order valence-corrected chi connectivity index (χ1v) is 8.99. The standard InChI is InChI=1S/C19H28N2O2/c22-19(21-11-7-2-1-3-8-12-21)16-20-13-14-23-18(15-20)17-9-5-4-6-10-17/h4-6,9-10,18H,1-3,7-8,11-16H2. The van der Waals surface area contributed by atoms with Crippen LogP contribution in [0.15, 0.2) is 30.3 Å². The highest BCUT2D eigenvalue weighted by Crippen LogP contribution is 2.22. The number of nitrogens with zero attached hydrogens (tertiary/aromatic N) is 2. The molecule has 2 heterocycles. The Morgan fingerprint density at radius 3 is 2.43 bits per heavy atom. The fourth-order valence-electron chi connectivity index (χ4n) is 3.50. The Morgan fingerprint density at radius 1 is 1.00 bits per heavy atom. The maximum atomic E-state index is 12.6. The molecule has 2 aliphatic heterocycles. The number of ether oxygens (including phenoxy) is 1. The van der Waals surface area contributed by atoms with E-state index in [0.29, 0.717) is 19.1 Å². The lowest BCUT2D eigenvalue weighted by Gasteiger charge is -2.34. The average Bonchev–Trinajstić information content (AvgIpc) is 2.55. The Morgan fingerprint density at radius 2 is 1.70 bits per heavy atom. The SMILES string of the molecule is O=C(CN1CCOC(c2ccccc2)C1)N1CCCCCCC1. The topological polar surface area (TPSA) is 32.8 Å². The number of amides is 1. The van der Waals surface area contributed by atoms with Crippen LogP contribution < -0.4 is 0 Å². The Labute approximate surface area is 139 Å². The highest BCUT2D eigenvalue weighted by molar-refractivity contribution is 5.78. The molecule has 23 heavy (non-hydrogen) atoms. The number of benzene rings is 1. The van der Waals surface area contributed by atoms with Crippen LogP contribution in [0.3, 0.4) is 0 Å². The summed E-state index contributed by atoms with van der Waals surface area (Å²) in [5.41, 5.74) is 1.20. The van der Waals surface area contributed by atoms with Gasteiger partial charge >= 0.3 is 0 Å². The highest BCUT2D eigenvalue weighted by Gasteiger charge is 2.25. The third-order valence-corrected chi connectivity index (χ3v) is 4.89. The molecule has 1 aromatic rings. The van der Waals surface area contributed by atoms with Gasteiger partial charge in [0.15, 0.2) is 0 Å². The number of hydrogen-bond acceptors (Lipinski definition) is 3. The zero-order valence-electron chi connectivity index (χ0n) is 14.0. The predicted octanol–water partition coefficient (Wildman–Crippen LogP) is 2.85. The second-order valence-corrected chi connectivity index (χ2v) is 6.65. The fourth-order valence-corrected chi connectivity index (χ4v) is 3.50. The second-order valence-electron chi connectivity index (χ2n) is 6.65. The molecule has 1 atom stereocenters. The van der Waals surface area contributed by atoms with Crippen molar-refractivity contribution in [2.24, 2.45) is 0 Å². The van der Waals surface area contributed by atoms with Gasteiger partial charge in [0.25, 0.3) is 0 Å². The van der Waals surface area contributed by atoms with Crippen LogP contribution >= 0.6 is 0 Å². The summed E-state index contributed by atoms with van der Waals surface area (Å²) in [4.78, 5) is 16.9. The van der Waals surface area contributed by atoms with E-state index in [0.717, 1.165) is 39.0 Å². The summed E-state index contributed by atoms with van der Waals surface area (Å²) >= 11 is 0. The van der Waals surface area contributed by atoms with Crippen molar-refractivity contribution in [3.8, 4) is 0 Å². The molecule has 0 aliphatic carbocycles. The molecule has 3 rings (SSSR count). The molecule has 1 amide bonds. The van der Waals surface area contributed by atoms with E-state index in [2.05, 4.69) is 21.9 Å². The van der Waals surface area contributed by atoms with Crippen molar-refractivity contribution in [2.45, 2.75) is 38.2 Å². The van der Waals surface area contributed by atoms with Crippen LogP contribution in [-0.2, 0) is 9.53 Å². The van der Waals surface area contributed by atoms with Crippen LogP contribution in [0.5, 0.6) is 0 Å². The lowest BCUT2D eigenvalue weighted by Crippen LogP contribution is -2.46. The van der Waals surface area contributed by atoms with Crippen LogP contribution in [0.4, 0.5) is 0 Å². The number of carbonyl (C=O) groups excluding carboxylic acids is 1. The minimum atomic E-state index is 0.0880. The lowest BCUT2D eigenvalue weighted by atomic mass is 10.1. The highest BCUT2D eigenvalue weighted by atomic mass is 16.5. The van der Waals surface area contributed by atoms with E-state index >= 15 is 0 Å². The molecular weight excluding hydrogens is 288 g/mol. The van der Waals surface area contributed by atoms with E-state index in [1.54, 1.807) is 0 Å². The molecule has 2 aliphatic rings. The Balaban J connectivity index is 1.53. The predicted molar refractivity (Wildman–Crippen MR) is 91.2 cm³/mol. The maximum absolute atomic E-state index is 12.6. The quantitative estimate of drug-likeness (QED) is 0.859. The Bertz CT molecular complexity index is 483. The third-order valence-electron chi connectivity index (χ3n) is 4.89. The molecule has 126 valence electrons. The second kappa shape index (κ2) is 8.46. The Kier molecular flexibility index (Phi) is 6.06. The van der Waals surface area contributed by atoms with Gasteiger partial charge in [0.1, 0.15) is 0 Å². The molecule has 4 heteroatoms. The number of carbonyl (C=O) groups is 1. The van der Waals surface area contributed by atoms with Gasteiger partial charge in [-0.3, -0.25) is 9.69 Å². The normalized spacial score (nSPS) is 24.0. The molecule has 0 bridgehead atoms. The van der Waals surface area contributed by atoms with Crippen LogP contribution in [-0.4, -0.2) is 55.0 Å². The van der Waals surface area contributed by atoms with Gasteiger partial charge in [-0.25, -0.2) is 0 Å². The van der Waals surface area contributed by atoms with E-state index in [4.69, 9.17) is 4.74 Å². The minimum Gasteiger partial charge on any atom is -0.371 e. The molecule has 0 aromatic heterocycles. The molecule has 1 unspecified atom stereocenters. The van der Waals surface area contributed by atoms with Crippen molar-refractivity contribution < 1.29 is 9.53 Å². The van der Waals surface area contributed by atoms with Gasteiger partial charge in [-0.05, 0) is 18.4 Å². The first-order valence-electron chi connectivity index (χ1n) is 8.99. The fraction of sp³-hybridized carbons (Fsp3) is 0.632. The van der Waals surface area contributed by atoms with Crippen molar-refractivity contribution in [1.29, 1.82) is 0 Å². The number of rotatable bonds is 3. The van der Waals surface area contributed by atoms with Gasteiger partial charge in [-0.2, -0.15) is 0 Å². The molecule has 1 aromatic carbocycles. The van der Waals surface area contributed by atoms with Crippen molar-refractivity contribution in [3.63, 3.8) is 0 Å².